The van der Waals surface area contributed by atoms with Crippen LogP contribution in [-0.2, 0) is 4.79 Å². The van der Waals surface area contributed by atoms with Crippen molar-refractivity contribution in [2.24, 2.45) is 4.99 Å². The van der Waals surface area contributed by atoms with E-state index in [0.717, 1.165) is 48.3 Å². The number of hydrogen-bond acceptors (Lipinski definition) is 6. The van der Waals surface area contributed by atoms with E-state index in [1.165, 1.54) is 0 Å². The standard InChI is InChI=1S/C24H32FN5O2/c1-3-32-22-7-6-21(20-5-4-10-27-24(20)22)28-18-8-11-29(12-9-18)16-23(31)30-15-17(25)13-19(30)14-26-2/h4-7,10,14,17-19,28H,3,8-9,11-13,15-16H2,1-2H3/t17-,19-/m0/s1. The van der Waals surface area contributed by atoms with Crippen LogP contribution < -0.4 is 10.1 Å². The molecule has 7 nitrogen and oxygen atoms in total. The average molecular weight is 442 g/mol. The normalized spacial score (nSPS) is 22.7. The Kier molecular flexibility index (Phi) is 7.19. The van der Waals surface area contributed by atoms with Crippen molar-refractivity contribution in [3.8, 4) is 5.75 Å². The van der Waals surface area contributed by atoms with Crippen molar-refractivity contribution in [2.75, 3.05) is 45.2 Å². The Morgan fingerprint density at radius 1 is 1.34 bits per heavy atom. The molecule has 2 fully saturated rings. The summed E-state index contributed by atoms with van der Waals surface area (Å²) in [7, 11) is 1.66. The third-order valence-electron chi connectivity index (χ3n) is 6.27. The fourth-order valence-corrected chi connectivity index (χ4v) is 4.69. The first-order valence-electron chi connectivity index (χ1n) is 11.4. The zero-order valence-electron chi connectivity index (χ0n) is 18.8. The van der Waals surface area contributed by atoms with Gasteiger partial charge >= 0.3 is 0 Å². The highest BCUT2D eigenvalue weighted by molar-refractivity contribution is 5.95. The molecule has 1 N–H and O–H groups in total. The highest BCUT2D eigenvalue weighted by Crippen LogP contribution is 2.31. The van der Waals surface area contributed by atoms with Crippen molar-refractivity contribution in [3.05, 3.63) is 30.5 Å². The largest absolute Gasteiger partial charge is 0.492 e. The molecule has 0 radical (unpaired) electrons. The lowest BCUT2D eigenvalue weighted by molar-refractivity contribution is -0.132. The maximum Gasteiger partial charge on any atom is 0.237 e. The quantitative estimate of drug-likeness (QED) is 0.669. The van der Waals surface area contributed by atoms with Crippen molar-refractivity contribution in [2.45, 2.75) is 44.4 Å². The second kappa shape index (κ2) is 10.3. The van der Waals surface area contributed by atoms with Crippen LogP contribution in [0.1, 0.15) is 26.2 Å². The van der Waals surface area contributed by atoms with Crippen LogP contribution in [0.4, 0.5) is 10.1 Å². The summed E-state index contributed by atoms with van der Waals surface area (Å²) in [5, 5.41) is 4.72. The Balaban J connectivity index is 1.34. The summed E-state index contributed by atoms with van der Waals surface area (Å²) in [4.78, 5) is 25.1. The molecule has 172 valence electrons. The number of pyridine rings is 1. The molecule has 2 aromatic rings. The van der Waals surface area contributed by atoms with Gasteiger partial charge in [-0.3, -0.25) is 19.7 Å². The fourth-order valence-electron chi connectivity index (χ4n) is 4.69. The van der Waals surface area contributed by atoms with E-state index in [2.05, 4.69) is 32.3 Å². The van der Waals surface area contributed by atoms with E-state index in [4.69, 9.17) is 4.74 Å². The van der Waals surface area contributed by atoms with Gasteiger partial charge in [-0.25, -0.2) is 4.39 Å². The van der Waals surface area contributed by atoms with Crippen molar-refractivity contribution >= 4 is 28.7 Å². The summed E-state index contributed by atoms with van der Waals surface area (Å²) in [6.45, 7) is 4.74. The monoisotopic (exact) mass is 441 g/mol. The number of carbonyl (C=O) groups is 1. The molecule has 0 unspecified atom stereocenters. The molecule has 32 heavy (non-hydrogen) atoms. The molecule has 1 aromatic heterocycles. The Labute approximate surface area is 188 Å². The number of piperidine rings is 1. The van der Waals surface area contributed by atoms with Crippen LogP contribution in [0.2, 0.25) is 0 Å². The number of hydrogen-bond donors (Lipinski definition) is 1. The van der Waals surface area contributed by atoms with E-state index in [-0.39, 0.29) is 18.5 Å². The number of likely N-dealkylation sites (tertiary alicyclic amines) is 2. The van der Waals surface area contributed by atoms with Crippen molar-refractivity contribution in [3.63, 3.8) is 0 Å². The number of anilines is 1. The molecule has 0 spiro atoms. The maximum atomic E-state index is 13.8. The number of nitrogens with one attached hydrogen (secondary N) is 1. The van der Waals surface area contributed by atoms with Gasteiger partial charge in [0.1, 0.15) is 17.4 Å². The minimum Gasteiger partial charge on any atom is -0.492 e. The Morgan fingerprint density at radius 2 is 2.16 bits per heavy atom. The first-order chi connectivity index (χ1) is 15.6. The number of carbonyl (C=O) groups excluding carboxylic acids is 1. The average Bonchev–Trinajstić information content (AvgIpc) is 3.17. The summed E-state index contributed by atoms with van der Waals surface area (Å²) in [6, 6.07) is 8.13. The number of ether oxygens (including phenoxy) is 1. The van der Waals surface area contributed by atoms with Gasteiger partial charge in [-0.05, 0) is 44.0 Å². The van der Waals surface area contributed by atoms with Crippen molar-refractivity contribution < 1.29 is 13.9 Å². The Bertz CT molecular complexity index is 961. The van der Waals surface area contributed by atoms with Gasteiger partial charge in [0.2, 0.25) is 5.91 Å². The van der Waals surface area contributed by atoms with E-state index >= 15 is 0 Å². The lowest BCUT2D eigenvalue weighted by Gasteiger charge is -2.34. The van der Waals surface area contributed by atoms with Crippen LogP contribution in [0.3, 0.4) is 0 Å². The maximum absolute atomic E-state index is 13.8. The van der Waals surface area contributed by atoms with Gasteiger partial charge in [-0.2, -0.15) is 0 Å². The first-order valence-corrected chi connectivity index (χ1v) is 11.4. The van der Waals surface area contributed by atoms with Gasteiger partial charge in [-0.1, -0.05) is 0 Å². The first kappa shape index (κ1) is 22.5. The number of amides is 1. The number of benzene rings is 1. The number of rotatable bonds is 7. The van der Waals surface area contributed by atoms with E-state index in [1.54, 1.807) is 24.4 Å². The smallest absolute Gasteiger partial charge is 0.237 e. The molecule has 8 heteroatoms. The number of alkyl halides is 1. The SMILES string of the molecule is CCOc1ccc(NC2CCN(CC(=O)N3C[C@@H](F)C[C@H]3C=NC)CC2)c2cccnc12. The minimum absolute atomic E-state index is 0.00922. The summed E-state index contributed by atoms with van der Waals surface area (Å²) in [6.07, 6.45) is 4.73. The van der Waals surface area contributed by atoms with Crippen LogP contribution in [0.15, 0.2) is 35.5 Å². The summed E-state index contributed by atoms with van der Waals surface area (Å²) < 4.78 is 19.6. The molecular weight excluding hydrogens is 409 g/mol. The van der Waals surface area contributed by atoms with Crippen molar-refractivity contribution in [1.29, 1.82) is 0 Å². The van der Waals surface area contributed by atoms with Crippen LogP contribution in [-0.4, -0.2) is 85.0 Å². The van der Waals surface area contributed by atoms with E-state index in [1.807, 2.05) is 19.1 Å². The van der Waals surface area contributed by atoms with Crippen molar-refractivity contribution in [1.82, 2.24) is 14.8 Å². The highest BCUT2D eigenvalue weighted by Gasteiger charge is 2.35. The van der Waals surface area contributed by atoms with Crippen LogP contribution >= 0.6 is 0 Å². The van der Waals surface area contributed by atoms with E-state index in [0.29, 0.717) is 25.6 Å². The summed E-state index contributed by atoms with van der Waals surface area (Å²) >= 11 is 0. The third kappa shape index (κ3) is 5.01. The predicted octanol–water partition coefficient (Wildman–Crippen LogP) is 3.15. The predicted molar refractivity (Wildman–Crippen MR) is 125 cm³/mol. The number of halogens is 1. The van der Waals surface area contributed by atoms with Crippen LogP contribution in [0.25, 0.3) is 10.9 Å². The number of aromatic nitrogens is 1. The van der Waals surface area contributed by atoms with Gasteiger partial charge in [0, 0.05) is 56.1 Å². The number of aliphatic imine (C=N–C) groups is 1. The lowest BCUT2D eigenvalue weighted by Crippen LogP contribution is -2.47. The van der Waals surface area contributed by atoms with Gasteiger partial charge in [0.05, 0.1) is 25.7 Å². The van der Waals surface area contributed by atoms with Crippen LogP contribution in [0.5, 0.6) is 5.75 Å². The van der Waals surface area contributed by atoms with Gasteiger partial charge in [-0.15, -0.1) is 0 Å². The molecule has 0 bridgehead atoms. The highest BCUT2D eigenvalue weighted by atomic mass is 19.1. The summed E-state index contributed by atoms with van der Waals surface area (Å²) in [5.74, 6) is 0.788. The molecule has 3 heterocycles. The van der Waals surface area contributed by atoms with Crippen LogP contribution in [0, 0.1) is 0 Å². The fraction of sp³-hybridized carbons (Fsp3) is 0.542. The zero-order valence-corrected chi connectivity index (χ0v) is 18.8. The minimum atomic E-state index is -0.963. The van der Waals surface area contributed by atoms with Gasteiger partial charge < -0.3 is 15.0 Å². The summed E-state index contributed by atoms with van der Waals surface area (Å²) in [5.41, 5.74) is 1.92. The molecular formula is C24H32FN5O2. The molecule has 1 amide bonds. The van der Waals surface area contributed by atoms with E-state index in [9.17, 15) is 9.18 Å². The number of nitrogens with zero attached hydrogens (tertiary/aromatic N) is 4. The molecule has 0 aliphatic carbocycles. The molecule has 2 saturated heterocycles. The van der Waals surface area contributed by atoms with Gasteiger partial charge in [0.25, 0.3) is 0 Å². The number of fused-ring (bicyclic) bond motifs is 1. The Hall–Kier alpha value is -2.74. The van der Waals surface area contributed by atoms with Gasteiger partial charge in [0.15, 0.2) is 0 Å². The molecule has 0 saturated carbocycles. The van der Waals surface area contributed by atoms with E-state index < -0.39 is 6.17 Å². The molecule has 4 rings (SSSR count). The Morgan fingerprint density at radius 3 is 2.91 bits per heavy atom. The zero-order chi connectivity index (χ0) is 22.5. The molecule has 2 aliphatic heterocycles. The molecule has 1 aromatic carbocycles. The second-order valence-corrected chi connectivity index (χ2v) is 8.49. The molecule has 2 atom stereocenters. The third-order valence-corrected chi connectivity index (χ3v) is 6.27. The second-order valence-electron chi connectivity index (χ2n) is 8.49. The lowest BCUT2D eigenvalue weighted by atomic mass is 10.0. The topological polar surface area (TPSA) is 70.1 Å². The molecule has 2 aliphatic rings.